The third-order valence-corrected chi connectivity index (χ3v) is 5.79. The molecule has 0 spiro atoms. The number of anilines is 1. The van der Waals surface area contributed by atoms with Crippen LogP contribution in [0.25, 0.3) is 28.1 Å². The minimum Gasteiger partial charge on any atom is -0.465 e. The van der Waals surface area contributed by atoms with Crippen LogP contribution in [0.3, 0.4) is 0 Å². The number of para-hydroxylation sites is 2. The van der Waals surface area contributed by atoms with Gasteiger partial charge in [-0.3, -0.25) is 9.59 Å². The topological polar surface area (TPSA) is 94.7 Å². The van der Waals surface area contributed by atoms with E-state index < -0.39 is 5.97 Å². The normalized spacial score (nSPS) is 11.0. The second-order valence-corrected chi connectivity index (χ2v) is 8.17. The Morgan fingerprint density at radius 2 is 1.63 bits per heavy atom. The van der Waals surface area contributed by atoms with Gasteiger partial charge in [0, 0.05) is 17.3 Å². The van der Waals surface area contributed by atoms with E-state index in [1.54, 1.807) is 28.8 Å². The summed E-state index contributed by atoms with van der Waals surface area (Å²) in [6.45, 7) is 1.94. The van der Waals surface area contributed by atoms with Crippen LogP contribution in [0.2, 0.25) is 0 Å². The minimum atomic E-state index is -0.450. The standard InChI is InChI=1S/C27H22N4O4/c1-17-7-9-18(10-8-17)21-15-25(33)31-23-6-4-3-5-22(23)30(27(31)29-21)16-24(32)28-20-13-11-19(12-14-20)26(34)35-2/h3-15H,16H2,1-2H3,(H,28,32). The molecule has 35 heavy (non-hydrogen) atoms. The number of methoxy groups -OCH3 is 1. The van der Waals surface area contributed by atoms with Crippen molar-refractivity contribution in [1.29, 1.82) is 0 Å². The quantitative estimate of drug-likeness (QED) is 0.395. The highest BCUT2D eigenvalue weighted by atomic mass is 16.5. The summed E-state index contributed by atoms with van der Waals surface area (Å²) in [5.74, 6) is -0.367. The first kappa shape index (κ1) is 22.1. The number of esters is 1. The van der Waals surface area contributed by atoms with Crippen molar-refractivity contribution in [3.63, 3.8) is 0 Å². The number of carbonyl (C=O) groups excluding carboxylic acids is 2. The van der Waals surface area contributed by atoms with Crippen LogP contribution in [0.4, 0.5) is 5.69 Å². The van der Waals surface area contributed by atoms with Gasteiger partial charge in [0.2, 0.25) is 11.7 Å². The molecule has 8 heteroatoms. The zero-order valence-electron chi connectivity index (χ0n) is 19.2. The number of hydrogen-bond acceptors (Lipinski definition) is 5. The average molecular weight is 466 g/mol. The molecule has 5 aromatic rings. The highest BCUT2D eigenvalue weighted by Gasteiger charge is 2.17. The van der Waals surface area contributed by atoms with Gasteiger partial charge in [-0.25, -0.2) is 14.2 Å². The maximum atomic E-state index is 13.1. The van der Waals surface area contributed by atoms with E-state index in [-0.39, 0.29) is 18.0 Å². The van der Waals surface area contributed by atoms with E-state index in [1.165, 1.54) is 17.6 Å². The van der Waals surface area contributed by atoms with Gasteiger partial charge in [-0.2, -0.15) is 0 Å². The molecule has 0 bridgehead atoms. The lowest BCUT2D eigenvalue weighted by molar-refractivity contribution is -0.116. The van der Waals surface area contributed by atoms with Crippen molar-refractivity contribution in [2.45, 2.75) is 13.5 Å². The van der Waals surface area contributed by atoms with Gasteiger partial charge >= 0.3 is 5.97 Å². The summed E-state index contributed by atoms with van der Waals surface area (Å²) in [6.07, 6.45) is 0. The summed E-state index contributed by atoms with van der Waals surface area (Å²) in [6, 6.07) is 23.1. The SMILES string of the molecule is COC(=O)c1ccc(NC(=O)Cn2c3ccccc3n3c(=O)cc(-c4ccc(C)cc4)nc23)cc1. The van der Waals surface area contributed by atoms with Crippen LogP contribution in [-0.2, 0) is 16.1 Å². The summed E-state index contributed by atoms with van der Waals surface area (Å²) in [4.78, 5) is 42.5. The molecular weight excluding hydrogens is 444 g/mol. The molecule has 8 nitrogen and oxygen atoms in total. The second-order valence-electron chi connectivity index (χ2n) is 8.17. The number of aryl methyl sites for hydroxylation is 1. The van der Waals surface area contributed by atoms with Crippen LogP contribution in [0, 0.1) is 6.92 Å². The van der Waals surface area contributed by atoms with Gasteiger partial charge in [0.25, 0.3) is 5.56 Å². The van der Waals surface area contributed by atoms with E-state index in [4.69, 9.17) is 9.72 Å². The molecule has 3 aromatic carbocycles. The zero-order chi connectivity index (χ0) is 24.5. The molecule has 0 fully saturated rings. The number of fused-ring (bicyclic) bond motifs is 3. The number of ether oxygens (including phenoxy) is 1. The first-order valence-corrected chi connectivity index (χ1v) is 11.0. The third kappa shape index (κ3) is 4.17. The lowest BCUT2D eigenvalue weighted by Crippen LogP contribution is -2.20. The van der Waals surface area contributed by atoms with Gasteiger partial charge < -0.3 is 14.6 Å². The molecule has 174 valence electrons. The first-order chi connectivity index (χ1) is 16.9. The molecule has 0 aliphatic heterocycles. The molecule has 0 aliphatic rings. The number of nitrogens with one attached hydrogen (secondary N) is 1. The largest absolute Gasteiger partial charge is 0.465 e. The fourth-order valence-corrected chi connectivity index (χ4v) is 4.05. The fourth-order valence-electron chi connectivity index (χ4n) is 4.05. The van der Waals surface area contributed by atoms with Crippen LogP contribution >= 0.6 is 0 Å². The smallest absolute Gasteiger partial charge is 0.337 e. The van der Waals surface area contributed by atoms with E-state index in [0.29, 0.717) is 33.8 Å². The van der Waals surface area contributed by atoms with Crippen molar-refractivity contribution in [2.75, 3.05) is 12.4 Å². The molecule has 0 aliphatic carbocycles. The van der Waals surface area contributed by atoms with Crippen LogP contribution in [0.5, 0.6) is 0 Å². The molecule has 0 unspecified atom stereocenters. The van der Waals surface area contributed by atoms with Gasteiger partial charge in [-0.1, -0.05) is 42.0 Å². The Labute approximate surface area is 200 Å². The lowest BCUT2D eigenvalue weighted by Gasteiger charge is -2.09. The first-order valence-electron chi connectivity index (χ1n) is 11.0. The molecule has 0 saturated heterocycles. The predicted molar refractivity (Wildman–Crippen MR) is 134 cm³/mol. The fraction of sp³-hybridized carbons (Fsp3) is 0.111. The maximum absolute atomic E-state index is 13.1. The lowest BCUT2D eigenvalue weighted by atomic mass is 10.1. The number of imidazole rings is 1. The summed E-state index contributed by atoms with van der Waals surface area (Å²) in [5, 5.41) is 2.83. The average Bonchev–Trinajstić information content (AvgIpc) is 3.18. The van der Waals surface area contributed by atoms with E-state index in [9.17, 15) is 14.4 Å². The van der Waals surface area contributed by atoms with E-state index >= 15 is 0 Å². The molecule has 0 radical (unpaired) electrons. The van der Waals surface area contributed by atoms with E-state index in [2.05, 4.69) is 5.32 Å². The van der Waals surface area contributed by atoms with Gasteiger partial charge in [0.05, 0.1) is 29.4 Å². The monoisotopic (exact) mass is 466 g/mol. The van der Waals surface area contributed by atoms with Crippen molar-refractivity contribution in [1.82, 2.24) is 14.0 Å². The van der Waals surface area contributed by atoms with Crippen LogP contribution < -0.4 is 10.9 Å². The Hall–Kier alpha value is -4.72. The van der Waals surface area contributed by atoms with Gasteiger partial charge in [-0.15, -0.1) is 0 Å². The number of benzene rings is 3. The third-order valence-electron chi connectivity index (χ3n) is 5.79. The van der Waals surface area contributed by atoms with Crippen molar-refractivity contribution in [2.24, 2.45) is 0 Å². The van der Waals surface area contributed by atoms with Crippen molar-refractivity contribution in [3.05, 3.63) is 100 Å². The molecule has 0 saturated carbocycles. The summed E-state index contributed by atoms with van der Waals surface area (Å²) in [7, 11) is 1.31. The minimum absolute atomic E-state index is 0.0560. The Bertz CT molecular complexity index is 1630. The van der Waals surface area contributed by atoms with Gasteiger partial charge in [0.15, 0.2) is 0 Å². The van der Waals surface area contributed by atoms with Crippen LogP contribution in [0.15, 0.2) is 83.7 Å². The Morgan fingerprint density at radius 1 is 0.943 bits per heavy atom. The predicted octanol–water partition coefficient (Wildman–Crippen LogP) is 4.05. The molecule has 5 rings (SSSR count). The van der Waals surface area contributed by atoms with Gasteiger partial charge in [-0.05, 0) is 43.3 Å². The molecule has 0 atom stereocenters. The van der Waals surface area contributed by atoms with Crippen molar-refractivity contribution in [3.8, 4) is 11.3 Å². The second kappa shape index (κ2) is 8.90. The number of hydrogen-bond donors (Lipinski definition) is 1. The Morgan fingerprint density at radius 3 is 2.31 bits per heavy atom. The number of amides is 1. The van der Waals surface area contributed by atoms with Crippen LogP contribution in [0.1, 0.15) is 15.9 Å². The molecule has 2 aromatic heterocycles. The van der Waals surface area contributed by atoms with E-state index in [1.807, 2.05) is 55.5 Å². The van der Waals surface area contributed by atoms with Gasteiger partial charge in [0.1, 0.15) is 6.54 Å². The summed E-state index contributed by atoms with van der Waals surface area (Å²) < 4.78 is 7.95. The number of aromatic nitrogens is 3. The summed E-state index contributed by atoms with van der Waals surface area (Å²) >= 11 is 0. The maximum Gasteiger partial charge on any atom is 0.337 e. The van der Waals surface area contributed by atoms with Crippen LogP contribution in [-0.4, -0.2) is 32.9 Å². The number of carbonyl (C=O) groups is 2. The highest BCUT2D eigenvalue weighted by molar-refractivity contribution is 5.94. The van der Waals surface area contributed by atoms with Crippen molar-refractivity contribution < 1.29 is 14.3 Å². The molecule has 2 heterocycles. The van der Waals surface area contributed by atoms with E-state index in [0.717, 1.165) is 11.1 Å². The highest BCUT2D eigenvalue weighted by Crippen LogP contribution is 2.22. The molecular formula is C27H22N4O4. The van der Waals surface area contributed by atoms with Crippen molar-refractivity contribution >= 4 is 34.4 Å². The molecule has 1 amide bonds. The number of nitrogens with zero attached hydrogens (tertiary/aromatic N) is 3. The summed E-state index contributed by atoms with van der Waals surface area (Å²) in [5.41, 5.74) is 4.56. The number of rotatable bonds is 5. The Kier molecular flexibility index (Phi) is 5.62. The molecule has 1 N–H and O–H groups in total. The Balaban J connectivity index is 1.54. The zero-order valence-corrected chi connectivity index (χ0v) is 19.2.